The Morgan fingerprint density at radius 1 is 0.938 bits per heavy atom. The molecule has 0 aliphatic carbocycles. The SMILES string of the molecule is C=CCn1c(=O)c(=O)n(CC(=O)N2CCN(c3ccc(OC)cc3)CC2)c2ccccc21. The van der Waals surface area contributed by atoms with Crippen LogP contribution in [-0.4, -0.2) is 53.2 Å². The Hall–Kier alpha value is -3.81. The van der Waals surface area contributed by atoms with Gasteiger partial charge in [-0.15, -0.1) is 6.58 Å². The normalized spacial score (nSPS) is 13.9. The van der Waals surface area contributed by atoms with Gasteiger partial charge in [-0.1, -0.05) is 18.2 Å². The summed E-state index contributed by atoms with van der Waals surface area (Å²) in [6, 6.07) is 15.0. The van der Waals surface area contributed by atoms with Gasteiger partial charge in [0.1, 0.15) is 12.3 Å². The zero-order valence-corrected chi connectivity index (χ0v) is 18.1. The van der Waals surface area contributed by atoms with Crippen molar-refractivity contribution in [3.05, 3.63) is 81.9 Å². The number of carbonyl (C=O) groups is 1. The summed E-state index contributed by atoms with van der Waals surface area (Å²) in [7, 11) is 1.63. The summed E-state index contributed by atoms with van der Waals surface area (Å²) >= 11 is 0. The molecule has 1 aliphatic heterocycles. The largest absolute Gasteiger partial charge is 0.497 e. The molecule has 2 heterocycles. The van der Waals surface area contributed by atoms with Crippen LogP contribution in [0.4, 0.5) is 5.69 Å². The quantitative estimate of drug-likeness (QED) is 0.436. The van der Waals surface area contributed by atoms with Gasteiger partial charge in [-0.05, 0) is 36.4 Å². The number of benzene rings is 2. The van der Waals surface area contributed by atoms with Crippen LogP contribution in [0.2, 0.25) is 0 Å². The van der Waals surface area contributed by atoms with Crippen LogP contribution in [0.1, 0.15) is 0 Å². The molecule has 0 radical (unpaired) electrons. The van der Waals surface area contributed by atoms with E-state index in [0.717, 1.165) is 11.4 Å². The summed E-state index contributed by atoms with van der Waals surface area (Å²) in [6.45, 7) is 6.21. The molecule has 1 fully saturated rings. The standard InChI is InChI=1S/C24H26N4O4/c1-3-12-27-20-6-4-5-7-21(20)28(24(31)23(27)30)17-22(29)26-15-13-25(14-16-26)18-8-10-19(32-2)11-9-18/h3-11H,1,12-17H2,2H3. The lowest BCUT2D eigenvalue weighted by Gasteiger charge is -2.36. The highest BCUT2D eigenvalue weighted by molar-refractivity contribution is 5.80. The number of para-hydroxylation sites is 2. The molecule has 3 aromatic rings. The fourth-order valence-electron chi connectivity index (χ4n) is 4.08. The smallest absolute Gasteiger partial charge is 0.317 e. The lowest BCUT2D eigenvalue weighted by atomic mass is 10.2. The Morgan fingerprint density at radius 3 is 2.12 bits per heavy atom. The number of piperazine rings is 1. The number of methoxy groups -OCH3 is 1. The van der Waals surface area contributed by atoms with E-state index in [9.17, 15) is 14.4 Å². The Morgan fingerprint density at radius 2 is 1.53 bits per heavy atom. The first-order valence-electron chi connectivity index (χ1n) is 10.5. The maximum atomic E-state index is 13.0. The molecule has 32 heavy (non-hydrogen) atoms. The molecule has 1 amide bonds. The van der Waals surface area contributed by atoms with E-state index in [1.54, 1.807) is 42.4 Å². The number of fused-ring (bicyclic) bond motifs is 1. The molecule has 8 heteroatoms. The third kappa shape index (κ3) is 4.03. The second-order valence-electron chi connectivity index (χ2n) is 7.65. The van der Waals surface area contributed by atoms with Gasteiger partial charge in [-0.2, -0.15) is 0 Å². The number of ether oxygens (including phenoxy) is 1. The topological polar surface area (TPSA) is 76.8 Å². The molecular formula is C24H26N4O4. The van der Waals surface area contributed by atoms with E-state index in [-0.39, 0.29) is 19.0 Å². The monoisotopic (exact) mass is 434 g/mol. The van der Waals surface area contributed by atoms with Gasteiger partial charge in [-0.25, -0.2) is 0 Å². The summed E-state index contributed by atoms with van der Waals surface area (Å²) in [6.07, 6.45) is 1.57. The van der Waals surface area contributed by atoms with E-state index < -0.39 is 11.1 Å². The lowest BCUT2D eigenvalue weighted by molar-refractivity contribution is -0.132. The second kappa shape index (κ2) is 9.13. The Balaban J connectivity index is 1.52. The summed E-state index contributed by atoms with van der Waals surface area (Å²) < 4.78 is 7.88. The maximum Gasteiger partial charge on any atom is 0.317 e. The molecular weight excluding hydrogens is 408 g/mol. The van der Waals surface area contributed by atoms with E-state index in [1.165, 1.54) is 9.13 Å². The van der Waals surface area contributed by atoms with Crippen molar-refractivity contribution in [1.82, 2.24) is 14.0 Å². The van der Waals surface area contributed by atoms with Crippen LogP contribution < -0.4 is 20.8 Å². The van der Waals surface area contributed by atoms with Crippen LogP contribution in [-0.2, 0) is 17.9 Å². The summed E-state index contributed by atoms with van der Waals surface area (Å²) in [5, 5.41) is 0. The van der Waals surface area contributed by atoms with Crippen molar-refractivity contribution < 1.29 is 9.53 Å². The van der Waals surface area contributed by atoms with Crippen LogP contribution in [0.15, 0.2) is 70.8 Å². The molecule has 4 rings (SSSR count). The highest BCUT2D eigenvalue weighted by Gasteiger charge is 2.23. The number of amides is 1. The summed E-state index contributed by atoms with van der Waals surface area (Å²) in [5.41, 5.74) is 0.890. The summed E-state index contributed by atoms with van der Waals surface area (Å²) in [5.74, 6) is 0.628. The van der Waals surface area contributed by atoms with Crippen LogP contribution in [0, 0.1) is 0 Å². The molecule has 8 nitrogen and oxygen atoms in total. The molecule has 0 bridgehead atoms. The van der Waals surface area contributed by atoms with Crippen molar-refractivity contribution in [3.8, 4) is 5.75 Å². The Kier molecular flexibility index (Phi) is 6.11. The molecule has 1 saturated heterocycles. The van der Waals surface area contributed by atoms with Gasteiger partial charge < -0.3 is 14.5 Å². The van der Waals surface area contributed by atoms with E-state index in [1.807, 2.05) is 24.3 Å². The third-order valence-electron chi connectivity index (χ3n) is 5.81. The number of anilines is 1. The van der Waals surface area contributed by atoms with Crippen molar-refractivity contribution in [2.45, 2.75) is 13.1 Å². The average molecular weight is 434 g/mol. The van der Waals surface area contributed by atoms with Gasteiger partial charge in [0.15, 0.2) is 0 Å². The number of nitrogens with zero attached hydrogens (tertiary/aromatic N) is 4. The fraction of sp³-hybridized carbons (Fsp3) is 0.292. The minimum absolute atomic E-state index is 0.161. The molecule has 1 aliphatic rings. The summed E-state index contributed by atoms with van der Waals surface area (Å²) in [4.78, 5) is 42.4. The number of rotatable bonds is 6. The molecule has 0 unspecified atom stereocenters. The first-order valence-corrected chi connectivity index (χ1v) is 10.5. The number of hydrogen-bond donors (Lipinski definition) is 0. The van der Waals surface area contributed by atoms with Crippen molar-refractivity contribution in [3.63, 3.8) is 0 Å². The minimum Gasteiger partial charge on any atom is -0.497 e. The lowest BCUT2D eigenvalue weighted by Crippen LogP contribution is -2.51. The van der Waals surface area contributed by atoms with E-state index in [4.69, 9.17) is 4.74 Å². The van der Waals surface area contributed by atoms with Crippen molar-refractivity contribution in [2.75, 3.05) is 38.2 Å². The minimum atomic E-state index is -0.698. The number of aromatic nitrogens is 2. The zero-order chi connectivity index (χ0) is 22.7. The average Bonchev–Trinajstić information content (AvgIpc) is 2.84. The zero-order valence-electron chi connectivity index (χ0n) is 18.1. The van der Waals surface area contributed by atoms with E-state index in [0.29, 0.717) is 37.2 Å². The van der Waals surface area contributed by atoms with Crippen molar-refractivity contribution >= 4 is 22.6 Å². The molecule has 2 aromatic carbocycles. The second-order valence-corrected chi connectivity index (χ2v) is 7.65. The van der Waals surface area contributed by atoms with Crippen molar-refractivity contribution in [2.24, 2.45) is 0 Å². The van der Waals surface area contributed by atoms with Gasteiger partial charge in [0.05, 0.1) is 18.1 Å². The number of carbonyl (C=O) groups excluding carboxylic acids is 1. The Labute approximate surface area is 185 Å². The van der Waals surface area contributed by atoms with Gasteiger partial charge >= 0.3 is 11.1 Å². The highest BCUT2D eigenvalue weighted by atomic mass is 16.5. The fourth-order valence-corrected chi connectivity index (χ4v) is 4.08. The van der Waals surface area contributed by atoms with Crippen LogP contribution in [0.3, 0.4) is 0 Å². The predicted octanol–water partition coefficient (Wildman–Crippen LogP) is 1.71. The Bertz CT molecular complexity index is 1250. The van der Waals surface area contributed by atoms with Crippen LogP contribution in [0.25, 0.3) is 11.0 Å². The highest BCUT2D eigenvalue weighted by Crippen LogP contribution is 2.20. The molecule has 0 atom stereocenters. The van der Waals surface area contributed by atoms with E-state index in [2.05, 4.69) is 11.5 Å². The molecule has 1 aromatic heterocycles. The first-order chi connectivity index (χ1) is 15.5. The molecule has 0 saturated carbocycles. The van der Waals surface area contributed by atoms with Gasteiger partial charge in [-0.3, -0.25) is 23.5 Å². The van der Waals surface area contributed by atoms with E-state index >= 15 is 0 Å². The number of hydrogen-bond acceptors (Lipinski definition) is 5. The van der Waals surface area contributed by atoms with Crippen LogP contribution in [0.5, 0.6) is 5.75 Å². The molecule has 0 N–H and O–H groups in total. The first kappa shape index (κ1) is 21.4. The van der Waals surface area contributed by atoms with Crippen LogP contribution >= 0.6 is 0 Å². The maximum absolute atomic E-state index is 13.0. The number of allylic oxidation sites excluding steroid dienone is 1. The third-order valence-corrected chi connectivity index (χ3v) is 5.81. The molecule has 166 valence electrons. The molecule has 0 spiro atoms. The van der Waals surface area contributed by atoms with Crippen molar-refractivity contribution in [1.29, 1.82) is 0 Å². The predicted molar refractivity (Wildman–Crippen MR) is 124 cm³/mol. The van der Waals surface area contributed by atoms with Gasteiger partial charge in [0.25, 0.3) is 0 Å². The van der Waals surface area contributed by atoms with Gasteiger partial charge in [0.2, 0.25) is 5.91 Å². The van der Waals surface area contributed by atoms with Gasteiger partial charge in [0, 0.05) is 38.4 Å².